The topological polar surface area (TPSA) is 116 Å². The highest BCUT2D eigenvalue weighted by atomic mass is 16.4. The third-order valence-electron chi connectivity index (χ3n) is 6.19. The second-order valence-electron chi connectivity index (χ2n) is 8.63. The molecule has 2 atom stereocenters. The average molecular weight is 486 g/mol. The molecule has 3 amide bonds. The fourth-order valence-corrected chi connectivity index (χ4v) is 4.48. The molecule has 3 N–H and O–H groups in total. The number of hydrogen-bond donors (Lipinski definition) is 3. The summed E-state index contributed by atoms with van der Waals surface area (Å²) in [4.78, 5) is 51.2. The van der Waals surface area contributed by atoms with Crippen LogP contribution in [0.2, 0.25) is 0 Å². The van der Waals surface area contributed by atoms with Crippen LogP contribution in [0.1, 0.15) is 40.4 Å². The highest BCUT2D eigenvalue weighted by molar-refractivity contribution is 5.99. The summed E-state index contributed by atoms with van der Waals surface area (Å²) in [7, 11) is 0. The zero-order valence-electron chi connectivity index (χ0n) is 19.6. The number of likely N-dealkylation sites (tertiary alicyclic amines) is 1. The zero-order valence-corrected chi connectivity index (χ0v) is 19.6. The van der Waals surface area contributed by atoms with Gasteiger partial charge < -0.3 is 20.6 Å². The van der Waals surface area contributed by atoms with Crippen molar-refractivity contribution in [3.05, 3.63) is 102 Å². The van der Waals surface area contributed by atoms with E-state index < -0.39 is 23.9 Å². The Balaban J connectivity index is 1.36. The second kappa shape index (κ2) is 11.3. The van der Waals surface area contributed by atoms with Gasteiger partial charge >= 0.3 is 12.0 Å². The van der Waals surface area contributed by atoms with Crippen LogP contribution in [0.3, 0.4) is 0 Å². The van der Waals surface area contributed by atoms with E-state index in [0.717, 1.165) is 11.1 Å². The van der Waals surface area contributed by atoms with Crippen molar-refractivity contribution >= 4 is 29.4 Å². The van der Waals surface area contributed by atoms with Crippen LogP contribution in [0.4, 0.5) is 10.5 Å². The maximum Gasteiger partial charge on any atom is 0.326 e. The van der Waals surface area contributed by atoms with Gasteiger partial charge in [-0.05, 0) is 36.1 Å². The van der Waals surface area contributed by atoms with Crippen molar-refractivity contribution in [3.63, 3.8) is 0 Å². The van der Waals surface area contributed by atoms with Crippen molar-refractivity contribution < 1.29 is 24.3 Å². The zero-order chi connectivity index (χ0) is 25.5. The van der Waals surface area contributed by atoms with Crippen LogP contribution < -0.4 is 10.6 Å². The average Bonchev–Trinajstić information content (AvgIpc) is 3.34. The van der Waals surface area contributed by atoms with E-state index in [1.165, 1.54) is 4.90 Å². The van der Waals surface area contributed by atoms with Crippen LogP contribution in [0.5, 0.6) is 0 Å². The molecular weight excluding hydrogens is 458 g/mol. The largest absolute Gasteiger partial charge is 0.480 e. The van der Waals surface area contributed by atoms with E-state index in [4.69, 9.17) is 0 Å². The summed E-state index contributed by atoms with van der Waals surface area (Å²) in [5.74, 6) is -1.62. The van der Waals surface area contributed by atoms with Gasteiger partial charge in [0.05, 0.1) is 12.6 Å². The number of anilines is 1. The number of amides is 3. The Bertz CT molecular complexity index is 1250. The van der Waals surface area contributed by atoms with Gasteiger partial charge in [-0.15, -0.1) is 0 Å². The Morgan fingerprint density at radius 2 is 1.56 bits per heavy atom. The number of carboxylic acids is 1. The molecular formula is C28H27N3O5. The number of Topliss-reactive ketones (excluding diaryl/α,β-unsaturated/α-hetero) is 1. The van der Waals surface area contributed by atoms with E-state index in [-0.39, 0.29) is 24.8 Å². The summed E-state index contributed by atoms with van der Waals surface area (Å²) in [6.45, 7) is -0.356. The van der Waals surface area contributed by atoms with Gasteiger partial charge in [-0.3, -0.25) is 9.59 Å². The quantitative estimate of drug-likeness (QED) is 0.416. The molecule has 0 saturated carbocycles. The molecule has 3 aromatic carbocycles. The van der Waals surface area contributed by atoms with Gasteiger partial charge in [0.25, 0.3) is 0 Å². The van der Waals surface area contributed by atoms with E-state index in [1.54, 1.807) is 24.3 Å². The van der Waals surface area contributed by atoms with E-state index >= 15 is 0 Å². The van der Waals surface area contributed by atoms with Crippen molar-refractivity contribution in [1.29, 1.82) is 0 Å². The molecule has 184 valence electrons. The molecule has 0 spiro atoms. The Labute approximate surface area is 208 Å². The lowest BCUT2D eigenvalue weighted by atomic mass is 10.0. The van der Waals surface area contributed by atoms with Crippen LogP contribution in [-0.2, 0) is 16.0 Å². The number of benzene rings is 3. The molecule has 0 radical (unpaired) electrons. The number of hydrogen-bond acceptors (Lipinski definition) is 4. The molecule has 3 aromatic rings. The van der Waals surface area contributed by atoms with Crippen LogP contribution in [0.25, 0.3) is 0 Å². The number of urea groups is 1. The van der Waals surface area contributed by atoms with Gasteiger partial charge in [-0.1, -0.05) is 72.8 Å². The van der Waals surface area contributed by atoms with Gasteiger partial charge in [-0.2, -0.15) is 0 Å². The lowest BCUT2D eigenvalue weighted by molar-refractivity contribution is -0.149. The van der Waals surface area contributed by atoms with Crippen LogP contribution in [-0.4, -0.2) is 46.3 Å². The Kier molecular flexibility index (Phi) is 7.75. The second-order valence-corrected chi connectivity index (χ2v) is 8.63. The number of aliphatic carboxylic acids is 1. The smallest absolute Gasteiger partial charge is 0.326 e. The highest BCUT2D eigenvalue weighted by Gasteiger charge is 2.41. The predicted molar refractivity (Wildman–Crippen MR) is 135 cm³/mol. The van der Waals surface area contributed by atoms with Crippen molar-refractivity contribution in [2.24, 2.45) is 0 Å². The van der Waals surface area contributed by atoms with Gasteiger partial charge in [-0.25, -0.2) is 9.59 Å². The Morgan fingerprint density at radius 3 is 2.25 bits per heavy atom. The molecule has 1 fully saturated rings. The van der Waals surface area contributed by atoms with Crippen LogP contribution in [0.15, 0.2) is 84.9 Å². The monoisotopic (exact) mass is 485 g/mol. The lowest BCUT2D eigenvalue weighted by Gasteiger charge is -2.28. The number of nitrogens with one attached hydrogen (secondary N) is 2. The van der Waals surface area contributed by atoms with Gasteiger partial charge in [0.15, 0.2) is 5.78 Å². The molecule has 1 aliphatic rings. The standard InChI is InChI=1S/C28H27N3O5/c32-25(16-19-8-3-1-4-9-19)21-12-7-13-22(17-21)30-28(36)29-18-26(33)31-23(14-15-24(31)27(34)35)20-10-5-2-6-11-20/h1-13,17,23-24H,14-16,18H2,(H,34,35)(H2,29,30,36)/t23?,24-/m0/s1. The number of carboxylic acid groups (broad SMARTS) is 1. The summed E-state index contributed by atoms with van der Waals surface area (Å²) in [5.41, 5.74) is 2.62. The number of carbonyl (C=O) groups is 4. The number of carbonyl (C=O) groups excluding carboxylic acids is 3. The summed E-state index contributed by atoms with van der Waals surface area (Å²) >= 11 is 0. The third-order valence-corrected chi connectivity index (χ3v) is 6.19. The van der Waals surface area contributed by atoms with Crippen molar-refractivity contribution in [3.8, 4) is 0 Å². The SMILES string of the molecule is O=C(NCC(=O)N1C(c2ccccc2)CC[C@H]1C(=O)O)Nc1cccc(C(=O)Cc2ccccc2)c1. The predicted octanol–water partition coefficient (Wildman–Crippen LogP) is 4.05. The van der Waals surface area contributed by atoms with E-state index in [2.05, 4.69) is 10.6 Å². The molecule has 1 heterocycles. The Hall–Kier alpha value is -4.46. The first-order chi connectivity index (χ1) is 17.4. The molecule has 0 aromatic heterocycles. The number of rotatable bonds is 8. The first-order valence-corrected chi connectivity index (χ1v) is 11.7. The minimum absolute atomic E-state index is 0.0823. The summed E-state index contributed by atoms with van der Waals surface area (Å²) in [5, 5.41) is 14.8. The molecule has 4 rings (SSSR count). The Morgan fingerprint density at radius 1 is 0.861 bits per heavy atom. The molecule has 1 aliphatic heterocycles. The van der Waals surface area contributed by atoms with Crippen LogP contribution in [0, 0.1) is 0 Å². The van der Waals surface area contributed by atoms with Gasteiger partial charge in [0.2, 0.25) is 5.91 Å². The molecule has 0 bridgehead atoms. The summed E-state index contributed by atoms with van der Waals surface area (Å²) < 4.78 is 0. The first kappa shape index (κ1) is 24.7. The summed E-state index contributed by atoms with van der Waals surface area (Å²) in [6.07, 6.45) is 1.12. The van der Waals surface area contributed by atoms with Crippen molar-refractivity contribution in [1.82, 2.24) is 10.2 Å². The van der Waals surface area contributed by atoms with Crippen LogP contribution >= 0.6 is 0 Å². The lowest BCUT2D eigenvalue weighted by Crippen LogP contribution is -2.47. The minimum atomic E-state index is -1.07. The maximum absolute atomic E-state index is 13.0. The minimum Gasteiger partial charge on any atom is -0.480 e. The van der Waals surface area contributed by atoms with Gasteiger partial charge in [0, 0.05) is 17.7 Å². The highest BCUT2D eigenvalue weighted by Crippen LogP contribution is 2.36. The first-order valence-electron chi connectivity index (χ1n) is 11.7. The fourth-order valence-electron chi connectivity index (χ4n) is 4.48. The van der Waals surface area contributed by atoms with Gasteiger partial charge in [0.1, 0.15) is 6.04 Å². The van der Waals surface area contributed by atoms with E-state index in [1.807, 2.05) is 60.7 Å². The fraction of sp³-hybridized carbons (Fsp3) is 0.214. The van der Waals surface area contributed by atoms with Crippen molar-refractivity contribution in [2.75, 3.05) is 11.9 Å². The number of nitrogens with zero attached hydrogens (tertiary/aromatic N) is 1. The summed E-state index contributed by atoms with van der Waals surface area (Å²) in [6, 6.07) is 23.3. The maximum atomic E-state index is 13.0. The van der Waals surface area contributed by atoms with Crippen molar-refractivity contribution in [2.45, 2.75) is 31.3 Å². The number of ketones is 1. The molecule has 8 nitrogen and oxygen atoms in total. The van der Waals surface area contributed by atoms with E-state index in [9.17, 15) is 24.3 Å². The molecule has 0 aliphatic carbocycles. The molecule has 1 unspecified atom stereocenters. The molecule has 8 heteroatoms. The molecule has 36 heavy (non-hydrogen) atoms. The third kappa shape index (κ3) is 5.96. The van der Waals surface area contributed by atoms with E-state index in [0.29, 0.717) is 24.1 Å². The normalized spacial score (nSPS) is 16.8. The molecule has 1 saturated heterocycles.